The minimum absolute atomic E-state index is 0. The molecule has 2 unspecified atom stereocenters. The highest BCUT2D eigenvalue weighted by molar-refractivity contribution is 7.98. The van der Waals surface area contributed by atoms with Crippen molar-refractivity contribution in [1.29, 1.82) is 0 Å². The van der Waals surface area contributed by atoms with Crippen LogP contribution in [0.1, 0.15) is 42.1 Å². The number of benzene rings is 1. The minimum atomic E-state index is 0. The summed E-state index contributed by atoms with van der Waals surface area (Å²) in [5, 5.41) is 7.45. The molecule has 3 N–H and O–H groups in total. The Hall–Kier alpha value is -1.28. The highest BCUT2D eigenvalue weighted by Gasteiger charge is 2.29. The number of thioether (sulfide) groups is 1. The zero-order chi connectivity index (χ0) is 16.9. The summed E-state index contributed by atoms with van der Waals surface area (Å²) >= 11 is 1.59. The van der Waals surface area contributed by atoms with Gasteiger partial charge < -0.3 is 10.6 Å². The first-order chi connectivity index (χ1) is 11.6. The number of rotatable bonds is 5. The summed E-state index contributed by atoms with van der Waals surface area (Å²) in [5.74, 6) is 0.877. The van der Waals surface area contributed by atoms with E-state index in [1.807, 2.05) is 36.1 Å². The summed E-state index contributed by atoms with van der Waals surface area (Å²) < 4.78 is 0. The Labute approximate surface area is 170 Å². The molecular formula is C17H25Cl2N5OS. The van der Waals surface area contributed by atoms with Crippen molar-refractivity contribution in [3.8, 4) is 0 Å². The summed E-state index contributed by atoms with van der Waals surface area (Å²) in [6.45, 7) is 2.79. The number of carbonyl (C=O) groups excluding carboxylic acids is 1. The monoisotopic (exact) mass is 417 g/mol. The Kier molecular flexibility index (Phi) is 9.43. The molecule has 0 spiro atoms. The van der Waals surface area contributed by atoms with Crippen LogP contribution < -0.4 is 5.73 Å². The number of carbonyl (C=O) groups is 1. The third kappa shape index (κ3) is 5.61. The number of halogens is 2. The van der Waals surface area contributed by atoms with Gasteiger partial charge in [0.1, 0.15) is 6.33 Å². The maximum atomic E-state index is 12.8. The van der Waals surface area contributed by atoms with Gasteiger partial charge in [-0.2, -0.15) is 5.10 Å². The maximum Gasteiger partial charge on any atom is 0.254 e. The number of likely N-dealkylation sites (tertiary alicyclic amines) is 1. The van der Waals surface area contributed by atoms with E-state index in [1.54, 1.807) is 11.8 Å². The molecule has 0 radical (unpaired) electrons. The Balaban J connectivity index is 0.00000169. The third-order valence-electron chi connectivity index (χ3n) is 4.39. The lowest BCUT2D eigenvalue weighted by atomic mass is 9.96. The Morgan fingerprint density at radius 2 is 2.08 bits per heavy atom. The van der Waals surface area contributed by atoms with Crippen molar-refractivity contribution in [2.45, 2.75) is 49.2 Å². The summed E-state index contributed by atoms with van der Waals surface area (Å²) in [4.78, 5) is 18.8. The number of H-pyrrole nitrogens is 1. The minimum Gasteiger partial charge on any atom is -0.334 e. The Morgan fingerprint density at radius 3 is 2.69 bits per heavy atom. The topological polar surface area (TPSA) is 87.9 Å². The van der Waals surface area contributed by atoms with E-state index in [-0.39, 0.29) is 42.8 Å². The summed E-state index contributed by atoms with van der Waals surface area (Å²) in [5.41, 5.74) is 7.95. The summed E-state index contributed by atoms with van der Waals surface area (Å²) in [7, 11) is 0. The highest BCUT2D eigenvalue weighted by atomic mass is 35.5. The average Bonchev–Trinajstić information content (AvgIpc) is 3.13. The normalized spacial score (nSPS) is 17.8. The number of nitrogens with one attached hydrogen (secondary N) is 1. The number of hydrogen-bond acceptors (Lipinski definition) is 5. The van der Waals surface area contributed by atoms with Gasteiger partial charge in [-0.05, 0) is 43.9 Å². The molecule has 1 aliphatic rings. The number of aromatic amines is 1. The molecule has 1 fully saturated rings. The van der Waals surface area contributed by atoms with Crippen LogP contribution in [-0.4, -0.2) is 44.6 Å². The zero-order valence-corrected chi connectivity index (χ0v) is 17.1. The molecular weight excluding hydrogens is 393 g/mol. The van der Waals surface area contributed by atoms with Gasteiger partial charge >= 0.3 is 0 Å². The molecule has 1 aliphatic heterocycles. The maximum absolute atomic E-state index is 12.8. The van der Waals surface area contributed by atoms with Crippen LogP contribution in [0.2, 0.25) is 0 Å². The van der Waals surface area contributed by atoms with E-state index in [0.29, 0.717) is 0 Å². The van der Waals surface area contributed by atoms with Crippen molar-refractivity contribution in [2.24, 2.45) is 5.73 Å². The van der Waals surface area contributed by atoms with Crippen LogP contribution in [0, 0.1) is 0 Å². The van der Waals surface area contributed by atoms with Gasteiger partial charge in [-0.3, -0.25) is 9.89 Å². The van der Waals surface area contributed by atoms with Gasteiger partial charge in [-0.25, -0.2) is 4.98 Å². The smallest absolute Gasteiger partial charge is 0.254 e. The molecule has 0 saturated carbocycles. The van der Waals surface area contributed by atoms with Crippen molar-refractivity contribution in [1.82, 2.24) is 20.1 Å². The lowest BCUT2D eigenvalue weighted by molar-refractivity contribution is 0.0584. The fourth-order valence-electron chi connectivity index (χ4n) is 3.08. The van der Waals surface area contributed by atoms with Crippen molar-refractivity contribution in [3.63, 3.8) is 0 Å². The number of nitrogens with two attached hydrogens (primary N) is 1. The van der Waals surface area contributed by atoms with Crippen LogP contribution in [0.15, 0.2) is 35.7 Å². The van der Waals surface area contributed by atoms with E-state index in [0.717, 1.165) is 47.8 Å². The van der Waals surface area contributed by atoms with Crippen molar-refractivity contribution in [2.75, 3.05) is 6.54 Å². The van der Waals surface area contributed by atoms with Gasteiger partial charge in [0.15, 0.2) is 5.16 Å². The van der Waals surface area contributed by atoms with E-state index in [9.17, 15) is 4.79 Å². The summed E-state index contributed by atoms with van der Waals surface area (Å²) in [6.07, 6.45) is 4.70. The highest BCUT2D eigenvalue weighted by Crippen LogP contribution is 2.23. The second-order valence-electron chi connectivity index (χ2n) is 6.20. The number of amides is 1. The van der Waals surface area contributed by atoms with Gasteiger partial charge in [0.25, 0.3) is 5.91 Å². The van der Waals surface area contributed by atoms with E-state index in [1.165, 1.54) is 6.33 Å². The molecule has 1 amide bonds. The van der Waals surface area contributed by atoms with Gasteiger partial charge in [0, 0.05) is 29.9 Å². The Morgan fingerprint density at radius 1 is 1.35 bits per heavy atom. The molecule has 2 aromatic rings. The predicted octanol–water partition coefficient (Wildman–Crippen LogP) is 3.28. The molecule has 6 nitrogen and oxygen atoms in total. The van der Waals surface area contributed by atoms with Gasteiger partial charge in [0.05, 0.1) is 0 Å². The fraction of sp³-hybridized carbons (Fsp3) is 0.471. The third-order valence-corrected chi connectivity index (χ3v) is 5.33. The second-order valence-corrected chi connectivity index (χ2v) is 7.16. The lowest BCUT2D eigenvalue weighted by Gasteiger charge is -2.38. The average molecular weight is 418 g/mol. The largest absolute Gasteiger partial charge is 0.334 e. The van der Waals surface area contributed by atoms with Crippen molar-refractivity contribution < 1.29 is 4.79 Å². The predicted molar refractivity (Wildman–Crippen MR) is 109 cm³/mol. The molecule has 1 aromatic carbocycles. The van der Waals surface area contributed by atoms with Crippen LogP contribution in [0.4, 0.5) is 0 Å². The van der Waals surface area contributed by atoms with Crippen LogP contribution in [0.3, 0.4) is 0 Å². The zero-order valence-electron chi connectivity index (χ0n) is 14.6. The number of piperidine rings is 1. The second kappa shape index (κ2) is 10.8. The molecule has 144 valence electrons. The first-order valence-corrected chi connectivity index (χ1v) is 9.27. The van der Waals surface area contributed by atoms with Crippen LogP contribution in [0.25, 0.3) is 0 Å². The van der Waals surface area contributed by atoms with Gasteiger partial charge in [-0.15, -0.1) is 24.8 Å². The molecule has 1 saturated heterocycles. The lowest BCUT2D eigenvalue weighted by Crippen LogP contribution is -2.51. The molecule has 0 bridgehead atoms. The first kappa shape index (κ1) is 22.8. The van der Waals surface area contributed by atoms with Crippen LogP contribution in [-0.2, 0) is 5.75 Å². The van der Waals surface area contributed by atoms with Gasteiger partial charge in [0.2, 0.25) is 0 Å². The first-order valence-electron chi connectivity index (χ1n) is 8.29. The van der Waals surface area contributed by atoms with E-state index < -0.39 is 0 Å². The van der Waals surface area contributed by atoms with E-state index in [4.69, 9.17) is 5.73 Å². The molecule has 26 heavy (non-hydrogen) atoms. The molecule has 1 aromatic heterocycles. The molecule has 2 heterocycles. The van der Waals surface area contributed by atoms with E-state index in [2.05, 4.69) is 15.2 Å². The van der Waals surface area contributed by atoms with Crippen LogP contribution >= 0.6 is 36.6 Å². The van der Waals surface area contributed by atoms with Crippen molar-refractivity contribution >= 4 is 42.5 Å². The molecule has 3 rings (SSSR count). The number of nitrogens with zero attached hydrogens (tertiary/aromatic N) is 3. The van der Waals surface area contributed by atoms with Crippen LogP contribution in [0.5, 0.6) is 0 Å². The van der Waals surface area contributed by atoms with Crippen molar-refractivity contribution in [3.05, 3.63) is 41.7 Å². The van der Waals surface area contributed by atoms with E-state index >= 15 is 0 Å². The molecule has 9 heteroatoms. The van der Waals surface area contributed by atoms with Gasteiger partial charge in [-0.1, -0.05) is 23.9 Å². The number of hydrogen-bond donors (Lipinski definition) is 2. The molecule has 0 aliphatic carbocycles. The quantitative estimate of drug-likeness (QED) is 0.728. The SMILES string of the molecule is CC(N)C1CCCCN1C(=O)c1ccc(CSc2ncn[nH]2)cc1.Cl.Cl. The fourth-order valence-corrected chi connectivity index (χ4v) is 3.82. The summed E-state index contributed by atoms with van der Waals surface area (Å²) in [6, 6.07) is 7.97. The standard InChI is InChI=1S/C17H23N5OS.2ClH/c1-12(18)15-4-2-3-9-22(15)16(23)14-7-5-13(6-8-14)10-24-17-19-11-20-21-17;;/h5-8,11-12,15H,2-4,9-10,18H2,1H3,(H,19,20,21);2*1H. The number of aromatic nitrogens is 3. The molecule has 2 atom stereocenters. The Bertz CT molecular complexity index is 666.